The number of nitrogens with zero attached hydrogens (tertiary/aromatic N) is 1. The third-order valence-electron chi connectivity index (χ3n) is 1.67. The molecule has 1 aliphatic heterocycles. The van der Waals surface area contributed by atoms with Gasteiger partial charge in [-0.15, -0.1) is 6.58 Å². The summed E-state index contributed by atoms with van der Waals surface area (Å²) in [6, 6.07) is 1.88. The molecule has 3 heteroatoms. The molecule has 62 valence electrons. The fraction of sp³-hybridized carbons (Fsp3) is 0.222. The number of allylic oxidation sites excluding steroid dienone is 1. The summed E-state index contributed by atoms with van der Waals surface area (Å²) in [5.41, 5.74) is 0.953. The average molecular weight is 163 g/mol. The highest BCUT2D eigenvalue weighted by molar-refractivity contribution is 5.40. The van der Waals surface area contributed by atoms with Crippen LogP contribution >= 0.6 is 0 Å². The van der Waals surface area contributed by atoms with Crippen LogP contribution in [0, 0.1) is 0 Å². The molecule has 0 fully saturated rings. The van der Waals surface area contributed by atoms with E-state index in [2.05, 4.69) is 11.6 Å². The number of ether oxygens (including phenoxy) is 2. The van der Waals surface area contributed by atoms with Crippen molar-refractivity contribution in [3.05, 3.63) is 30.6 Å². The Hall–Kier alpha value is -1.51. The van der Waals surface area contributed by atoms with Gasteiger partial charge >= 0.3 is 0 Å². The quantitative estimate of drug-likeness (QED) is 0.620. The first-order chi connectivity index (χ1) is 5.90. The van der Waals surface area contributed by atoms with Crippen LogP contribution in [-0.4, -0.2) is 11.8 Å². The van der Waals surface area contributed by atoms with Crippen molar-refractivity contribution < 1.29 is 9.47 Å². The van der Waals surface area contributed by atoms with E-state index in [0.29, 0.717) is 6.79 Å². The zero-order valence-electron chi connectivity index (χ0n) is 6.62. The van der Waals surface area contributed by atoms with E-state index in [0.717, 1.165) is 23.6 Å². The lowest BCUT2D eigenvalue weighted by Crippen LogP contribution is -1.92. The first-order valence-electron chi connectivity index (χ1n) is 3.75. The van der Waals surface area contributed by atoms with Crippen LogP contribution < -0.4 is 9.47 Å². The second-order valence-corrected chi connectivity index (χ2v) is 2.52. The summed E-state index contributed by atoms with van der Waals surface area (Å²) in [6.45, 7) is 3.94. The highest BCUT2D eigenvalue weighted by atomic mass is 16.7. The Balaban J connectivity index is 2.32. The van der Waals surface area contributed by atoms with Gasteiger partial charge in [0.25, 0.3) is 0 Å². The molecule has 0 radical (unpaired) electrons. The van der Waals surface area contributed by atoms with Crippen molar-refractivity contribution in [2.24, 2.45) is 0 Å². The van der Waals surface area contributed by atoms with Gasteiger partial charge in [0.15, 0.2) is 11.5 Å². The van der Waals surface area contributed by atoms with Crippen LogP contribution in [0.1, 0.15) is 5.69 Å². The number of rotatable bonds is 2. The van der Waals surface area contributed by atoms with Crippen LogP contribution in [0.15, 0.2) is 24.9 Å². The van der Waals surface area contributed by atoms with Crippen LogP contribution in [0.25, 0.3) is 0 Å². The molecular formula is C9H9NO2. The molecule has 1 aliphatic rings. The van der Waals surface area contributed by atoms with E-state index in [1.54, 1.807) is 6.20 Å². The monoisotopic (exact) mass is 163 g/mol. The number of fused-ring (bicyclic) bond motifs is 1. The molecule has 0 aromatic carbocycles. The van der Waals surface area contributed by atoms with Gasteiger partial charge in [0, 0.05) is 18.2 Å². The van der Waals surface area contributed by atoms with Crippen LogP contribution in [0.3, 0.4) is 0 Å². The van der Waals surface area contributed by atoms with Crippen LogP contribution in [0.2, 0.25) is 0 Å². The maximum atomic E-state index is 5.19. The molecule has 0 saturated heterocycles. The molecule has 2 rings (SSSR count). The number of aromatic nitrogens is 1. The lowest BCUT2D eigenvalue weighted by molar-refractivity contribution is 0.174. The third-order valence-corrected chi connectivity index (χ3v) is 1.67. The molecule has 12 heavy (non-hydrogen) atoms. The van der Waals surface area contributed by atoms with Crippen molar-refractivity contribution in [2.75, 3.05) is 6.79 Å². The summed E-state index contributed by atoms with van der Waals surface area (Å²) in [5.74, 6) is 1.50. The molecule has 0 spiro atoms. The standard InChI is InChI=1S/C9H9NO2/c1-2-3-7-4-8-9(5-10-7)12-6-11-8/h2,4-5H,1,3,6H2. The van der Waals surface area contributed by atoms with Crippen molar-refractivity contribution in [2.45, 2.75) is 6.42 Å². The highest BCUT2D eigenvalue weighted by Gasteiger charge is 2.13. The molecule has 0 aliphatic carbocycles. The van der Waals surface area contributed by atoms with Crippen LogP contribution in [0.4, 0.5) is 0 Å². The minimum Gasteiger partial charge on any atom is -0.453 e. The fourth-order valence-corrected chi connectivity index (χ4v) is 1.10. The predicted molar refractivity (Wildman–Crippen MR) is 44.3 cm³/mol. The Labute approximate surface area is 70.6 Å². The van der Waals surface area contributed by atoms with Gasteiger partial charge in [0.1, 0.15) is 0 Å². The average Bonchev–Trinajstić information content (AvgIpc) is 2.51. The van der Waals surface area contributed by atoms with E-state index < -0.39 is 0 Å². The normalized spacial score (nSPS) is 13.0. The minimum absolute atomic E-state index is 0.300. The molecule has 1 aromatic heterocycles. The van der Waals surface area contributed by atoms with Crippen molar-refractivity contribution in [1.82, 2.24) is 4.98 Å². The first kappa shape index (κ1) is 7.16. The Bertz CT molecular complexity index is 309. The molecule has 1 aromatic rings. The molecule has 0 atom stereocenters. The second-order valence-electron chi connectivity index (χ2n) is 2.52. The van der Waals surface area contributed by atoms with Crippen LogP contribution in [-0.2, 0) is 6.42 Å². The fourth-order valence-electron chi connectivity index (χ4n) is 1.10. The maximum absolute atomic E-state index is 5.19. The first-order valence-corrected chi connectivity index (χ1v) is 3.75. The van der Waals surface area contributed by atoms with Crippen molar-refractivity contribution in [1.29, 1.82) is 0 Å². The smallest absolute Gasteiger partial charge is 0.231 e. The van der Waals surface area contributed by atoms with E-state index in [-0.39, 0.29) is 0 Å². The van der Waals surface area contributed by atoms with Gasteiger partial charge in [-0.05, 0) is 0 Å². The summed E-state index contributed by atoms with van der Waals surface area (Å²) in [4.78, 5) is 4.16. The highest BCUT2D eigenvalue weighted by Crippen LogP contribution is 2.31. The lowest BCUT2D eigenvalue weighted by atomic mass is 10.2. The summed E-state index contributed by atoms with van der Waals surface area (Å²) in [6.07, 6.45) is 4.25. The van der Waals surface area contributed by atoms with Crippen LogP contribution in [0.5, 0.6) is 11.5 Å². The Morgan fingerprint density at radius 1 is 1.50 bits per heavy atom. The van der Waals surface area contributed by atoms with Crippen molar-refractivity contribution in [3.8, 4) is 11.5 Å². The summed E-state index contributed by atoms with van der Waals surface area (Å²) in [5, 5.41) is 0. The topological polar surface area (TPSA) is 31.4 Å². The Morgan fingerprint density at radius 2 is 2.33 bits per heavy atom. The summed E-state index contributed by atoms with van der Waals surface area (Å²) < 4.78 is 10.3. The summed E-state index contributed by atoms with van der Waals surface area (Å²) >= 11 is 0. The van der Waals surface area contributed by atoms with Gasteiger partial charge in [0.2, 0.25) is 6.79 Å². The largest absolute Gasteiger partial charge is 0.453 e. The molecule has 0 saturated carbocycles. The predicted octanol–water partition coefficient (Wildman–Crippen LogP) is 1.54. The summed E-state index contributed by atoms with van der Waals surface area (Å²) in [7, 11) is 0. The van der Waals surface area contributed by atoms with Gasteiger partial charge in [-0.25, -0.2) is 0 Å². The van der Waals surface area contributed by atoms with E-state index in [9.17, 15) is 0 Å². The second kappa shape index (κ2) is 2.85. The molecule has 0 N–H and O–H groups in total. The van der Waals surface area contributed by atoms with Gasteiger partial charge < -0.3 is 9.47 Å². The number of hydrogen-bond donors (Lipinski definition) is 0. The molecule has 0 amide bonds. The molecule has 3 nitrogen and oxygen atoms in total. The van der Waals surface area contributed by atoms with Gasteiger partial charge in [-0.2, -0.15) is 0 Å². The van der Waals surface area contributed by atoms with Crippen molar-refractivity contribution >= 4 is 0 Å². The molecule has 2 heterocycles. The Morgan fingerprint density at radius 3 is 3.17 bits per heavy atom. The Kier molecular flexibility index (Phi) is 1.70. The zero-order valence-corrected chi connectivity index (χ0v) is 6.62. The van der Waals surface area contributed by atoms with E-state index in [1.165, 1.54) is 0 Å². The van der Waals surface area contributed by atoms with E-state index >= 15 is 0 Å². The lowest BCUT2D eigenvalue weighted by Gasteiger charge is -1.97. The van der Waals surface area contributed by atoms with Gasteiger partial charge in [-0.3, -0.25) is 4.98 Å². The van der Waals surface area contributed by atoms with E-state index in [1.807, 2.05) is 12.1 Å². The molecule has 0 bridgehead atoms. The molecular weight excluding hydrogens is 154 g/mol. The number of hydrogen-bond acceptors (Lipinski definition) is 3. The number of pyridine rings is 1. The van der Waals surface area contributed by atoms with Crippen molar-refractivity contribution in [3.63, 3.8) is 0 Å². The van der Waals surface area contributed by atoms with Gasteiger partial charge in [-0.1, -0.05) is 6.08 Å². The SMILES string of the molecule is C=CCc1cc2c(cn1)OCO2. The third kappa shape index (κ3) is 1.13. The molecule has 0 unspecified atom stereocenters. The maximum Gasteiger partial charge on any atom is 0.231 e. The minimum atomic E-state index is 0.300. The van der Waals surface area contributed by atoms with Gasteiger partial charge in [0.05, 0.1) is 6.20 Å². The zero-order chi connectivity index (χ0) is 8.39. The van der Waals surface area contributed by atoms with E-state index in [4.69, 9.17) is 9.47 Å².